The maximum absolute atomic E-state index is 9.02. The van der Waals surface area contributed by atoms with Crippen LogP contribution in [0.15, 0.2) is 0 Å². The largest absolute Gasteiger partial charge is 0.396 e. The van der Waals surface area contributed by atoms with E-state index in [0.717, 1.165) is 12.8 Å². The highest BCUT2D eigenvalue weighted by atomic mass is 16.7. The molecule has 0 aromatic carbocycles. The molecule has 0 radical (unpaired) electrons. The van der Waals surface area contributed by atoms with Crippen LogP contribution in [0.4, 0.5) is 0 Å². The van der Waals surface area contributed by atoms with Crippen LogP contribution in [0.5, 0.6) is 0 Å². The number of aliphatic hydroxyl groups is 1. The van der Waals surface area contributed by atoms with Gasteiger partial charge in [0, 0.05) is 5.92 Å². The second kappa shape index (κ2) is 2.44. The first-order valence-electron chi connectivity index (χ1n) is 4.17. The summed E-state index contributed by atoms with van der Waals surface area (Å²) in [7, 11) is 0. The van der Waals surface area contributed by atoms with E-state index in [9.17, 15) is 0 Å². The molecule has 0 aliphatic carbocycles. The summed E-state index contributed by atoms with van der Waals surface area (Å²) in [6, 6.07) is 0. The van der Waals surface area contributed by atoms with Gasteiger partial charge < -0.3 is 14.6 Å². The van der Waals surface area contributed by atoms with Gasteiger partial charge in [-0.1, -0.05) is 0 Å². The third-order valence-corrected chi connectivity index (χ3v) is 2.76. The Hall–Kier alpha value is -0.120. The summed E-state index contributed by atoms with van der Waals surface area (Å²) >= 11 is 0. The quantitative estimate of drug-likeness (QED) is 0.604. The van der Waals surface area contributed by atoms with Gasteiger partial charge in [0.1, 0.15) is 0 Å². The second-order valence-electron chi connectivity index (χ2n) is 3.52. The van der Waals surface area contributed by atoms with Gasteiger partial charge in [-0.2, -0.15) is 0 Å². The van der Waals surface area contributed by atoms with E-state index in [1.807, 2.05) is 6.92 Å². The van der Waals surface area contributed by atoms with Gasteiger partial charge in [0.25, 0.3) is 0 Å². The van der Waals surface area contributed by atoms with E-state index in [2.05, 4.69) is 0 Å². The zero-order valence-corrected chi connectivity index (χ0v) is 6.75. The lowest BCUT2D eigenvalue weighted by Gasteiger charge is -2.35. The third kappa shape index (κ3) is 1.08. The Kier molecular flexibility index (Phi) is 1.67. The highest BCUT2D eigenvalue weighted by molar-refractivity contribution is 4.87. The summed E-state index contributed by atoms with van der Waals surface area (Å²) in [5.74, 6) is -0.321. The van der Waals surface area contributed by atoms with Gasteiger partial charge in [-0.3, -0.25) is 0 Å². The molecule has 2 aliphatic rings. The maximum Gasteiger partial charge on any atom is 0.171 e. The van der Waals surface area contributed by atoms with E-state index in [0.29, 0.717) is 6.61 Å². The molecule has 3 atom stereocenters. The molecule has 1 N–H and O–H groups in total. The summed E-state index contributed by atoms with van der Waals surface area (Å²) in [6.07, 6.45) is 2.33. The van der Waals surface area contributed by atoms with Crippen molar-refractivity contribution in [2.24, 2.45) is 5.92 Å². The molecule has 2 rings (SSSR count). The third-order valence-electron chi connectivity index (χ3n) is 2.76. The van der Waals surface area contributed by atoms with Crippen LogP contribution < -0.4 is 0 Å². The number of ether oxygens (including phenoxy) is 2. The maximum atomic E-state index is 9.02. The van der Waals surface area contributed by atoms with Crippen LogP contribution in [0, 0.1) is 5.92 Å². The number of aliphatic hydroxyl groups excluding tert-OH is 1. The van der Waals surface area contributed by atoms with E-state index in [-0.39, 0.29) is 18.6 Å². The predicted molar refractivity (Wildman–Crippen MR) is 39.0 cm³/mol. The second-order valence-corrected chi connectivity index (χ2v) is 3.52. The Morgan fingerprint density at radius 3 is 3.09 bits per heavy atom. The first kappa shape index (κ1) is 7.53. The van der Waals surface area contributed by atoms with E-state index < -0.39 is 5.79 Å². The standard InChI is InChI=1S/C8H14O3/c1-8-6(4-9)2-3-7(11-8)5-10-8/h6-7,9H,2-5H2,1H3/t6-,7?,8?/m0/s1. The van der Waals surface area contributed by atoms with Crippen molar-refractivity contribution in [3.63, 3.8) is 0 Å². The normalized spacial score (nSPS) is 49.6. The molecule has 3 nitrogen and oxygen atoms in total. The summed E-state index contributed by atoms with van der Waals surface area (Å²) in [4.78, 5) is 0. The van der Waals surface area contributed by atoms with Gasteiger partial charge >= 0.3 is 0 Å². The van der Waals surface area contributed by atoms with E-state index >= 15 is 0 Å². The average Bonchev–Trinajstić information content (AvgIpc) is 2.29. The zero-order chi connectivity index (χ0) is 7.90. The molecule has 64 valence electrons. The van der Waals surface area contributed by atoms with Crippen molar-refractivity contribution in [1.82, 2.24) is 0 Å². The molecule has 2 heterocycles. The van der Waals surface area contributed by atoms with Crippen molar-refractivity contribution in [2.45, 2.75) is 31.7 Å². The number of fused-ring (bicyclic) bond motifs is 2. The minimum Gasteiger partial charge on any atom is -0.396 e. The Bertz CT molecular complexity index is 159. The lowest BCUT2D eigenvalue weighted by Crippen LogP contribution is -2.41. The fourth-order valence-electron chi connectivity index (χ4n) is 1.92. The molecule has 2 bridgehead atoms. The van der Waals surface area contributed by atoms with Crippen molar-refractivity contribution in [2.75, 3.05) is 13.2 Å². The first-order valence-corrected chi connectivity index (χ1v) is 4.17. The lowest BCUT2D eigenvalue weighted by molar-refractivity contribution is -0.217. The SMILES string of the molecule is CC12OCC(CC[C@H]1CO)O2. The molecular weight excluding hydrogens is 144 g/mol. The summed E-state index contributed by atoms with van der Waals surface area (Å²) < 4.78 is 11.1. The molecule has 0 saturated carbocycles. The van der Waals surface area contributed by atoms with Crippen LogP contribution in [0.1, 0.15) is 19.8 Å². The fraction of sp³-hybridized carbons (Fsp3) is 1.00. The van der Waals surface area contributed by atoms with Crippen molar-refractivity contribution < 1.29 is 14.6 Å². The van der Waals surface area contributed by atoms with Crippen molar-refractivity contribution in [3.05, 3.63) is 0 Å². The molecule has 0 spiro atoms. The molecule has 3 heteroatoms. The van der Waals surface area contributed by atoms with E-state index in [1.54, 1.807) is 0 Å². The van der Waals surface area contributed by atoms with Crippen LogP contribution in [-0.2, 0) is 9.47 Å². The van der Waals surface area contributed by atoms with E-state index in [4.69, 9.17) is 14.6 Å². The summed E-state index contributed by atoms with van der Waals surface area (Å²) in [6.45, 7) is 2.79. The molecule has 0 aromatic heterocycles. The fourth-order valence-corrected chi connectivity index (χ4v) is 1.92. The average molecular weight is 158 g/mol. The summed E-state index contributed by atoms with van der Waals surface area (Å²) in [5.41, 5.74) is 0. The predicted octanol–water partition coefficient (Wildman–Crippen LogP) is 0.520. The molecule has 2 saturated heterocycles. The number of hydrogen-bond acceptors (Lipinski definition) is 3. The topological polar surface area (TPSA) is 38.7 Å². The Morgan fingerprint density at radius 2 is 2.36 bits per heavy atom. The number of hydrogen-bond donors (Lipinski definition) is 1. The Labute approximate surface area is 66.3 Å². The van der Waals surface area contributed by atoms with Gasteiger partial charge in [0.05, 0.1) is 19.3 Å². The van der Waals surface area contributed by atoms with Gasteiger partial charge in [0.2, 0.25) is 0 Å². The van der Waals surface area contributed by atoms with Crippen molar-refractivity contribution >= 4 is 0 Å². The monoisotopic (exact) mass is 158 g/mol. The van der Waals surface area contributed by atoms with Gasteiger partial charge in [0.15, 0.2) is 5.79 Å². The molecule has 2 fully saturated rings. The lowest BCUT2D eigenvalue weighted by atomic mass is 9.92. The van der Waals surface area contributed by atoms with Crippen LogP contribution in [0.25, 0.3) is 0 Å². The van der Waals surface area contributed by atoms with Crippen LogP contribution in [0.2, 0.25) is 0 Å². The minimum absolute atomic E-state index is 0.168. The highest BCUT2D eigenvalue weighted by Crippen LogP contribution is 2.39. The first-order chi connectivity index (χ1) is 5.24. The smallest absolute Gasteiger partial charge is 0.171 e. The molecule has 2 aliphatic heterocycles. The van der Waals surface area contributed by atoms with E-state index in [1.165, 1.54) is 0 Å². The molecule has 2 unspecified atom stereocenters. The highest BCUT2D eigenvalue weighted by Gasteiger charge is 2.47. The zero-order valence-electron chi connectivity index (χ0n) is 6.75. The molecule has 0 amide bonds. The molecule has 0 aromatic rings. The van der Waals surface area contributed by atoms with Crippen LogP contribution in [0.3, 0.4) is 0 Å². The molecule has 11 heavy (non-hydrogen) atoms. The summed E-state index contributed by atoms with van der Waals surface area (Å²) in [5, 5.41) is 9.02. The van der Waals surface area contributed by atoms with Gasteiger partial charge in [-0.25, -0.2) is 0 Å². The molecular formula is C8H14O3. The van der Waals surface area contributed by atoms with Crippen molar-refractivity contribution in [3.8, 4) is 0 Å². The van der Waals surface area contributed by atoms with Gasteiger partial charge in [-0.05, 0) is 19.8 Å². The Balaban J connectivity index is 2.13. The van der Waals surface area contributed by atoms with Crippen molar-refractivity contribution in [1.29, 1.82) is 0 Å². The number of rotatable bonds is 1. The minimum atomic E-state index is -0.488. The Morgan fingerprint density at radius 1 is 1.55 bits per heavy atom. The van der Waals surface area contributed by atoms with Gasteiger partial charge in [-0.15, -0.1) is 0 Å². The van der Waals surface area contributed by atoms with Crippen LogP contribution >= 0.6 is 0 Å². The van der Waals surface area contributed by atoms with Crippen LogP contribution in [-0.4, -0.2) is 30.2 Å².